The Hall–Kier alpha value is -2.41. The highest BCUT2D eigenvalue weighted by molar-refractivity contribution is 7.80. The highest BCUT2D eigenvalue weighted by Crippen LogP contribution is 2.17. The van der Waals surface area contributed by atoms with E-state index in [4.69, 9.17) is 22.7 Å². The Morgan fingerprint density at radius 1 is 1.24 bits per heavy atom. The smallest absolute Gasteiger partial charge is 0.316 e. The molecule has 6 nitrogen and oxygen atoms in total. The van der Waals surface area contributed by atoms with Gasteiger partial charge in [-0.15, -0.1) is 0 Å². The number of rotatable bonds is 5. The van der Waals surface area contributed by atoms with E-state index in [0.29, 0.717) is 11.3 Å². The molecule has 0 bridgehead atoms. The van der Waals surface area contributed by atoms with Crippen LogP contribution in [0.25, 0.3) is 0 Å². The Labute approximate surface area is 126 Å². The van der Waals surface area contributed by atoms with Crippen LogP contribution < -0.4 is 21.6 Å². The van der Waals surface area contributed by atoms with E-state index in [1.54, 1.807) is 18.3 Å². The van der Waals surface area contributed by atoms with Crippen molar-refractivity contribution in [1.82, 2.24) is 9.13 Å². The third-order valence-corrected chi connectivity index (χ3v) is 3.20. The lowest BCUT2D eigenvalue weighted by molar-refractivity contribution is 0.295. The molecule has 110 valence electrons. The molecule has 0 atom stereocenters. The van der Waals surface area contributed by atoms with Crippen molar-refractivity contribution in [2.75, 3.05) is 6.61 Å². The van der Waals surface area contributed by atoms with Gasteiger partial charge in [0.2, 0.25) is 0 Å². The Morgan fingerprint density at radius 2 is 1.95 bits per heavy atom. The summed E-state index contributed by atoms with van der Waals surface area (Å²) < 4.78 is 8.14. The van der Waals surface area contributed by atoms with Crippen LogP contribution in [-0.4, -0.2) is 20.7 Å². The molecule has 0 unspecified atom stereocenters. The summed E-state index contributed by atoms with van der Waals surface area (Å²) >= 11 is 4.94. The maximum atomic E-state index is 11.7. The molecule has 1 aromatic carbocycles. The molecule has 2 aromatic rings. The van der Waals surface area contributed by atoms with E-state index < -0.39 is 11.1 Å². The molecule has 21 heavy (non-hydrogen) atoms. The fourth-order valence-electron chi connectivity index (χ4n) is 1.82. The van der Waals surface area contributed by atoms with Gasteiger partial charge in [-0.2, -0.15) is 0 Å². The molecule has 0 fully saturated rings. The van der Waals surface area contributed by atoms with Crippen LogP contribution in [-0.2, 0) is 13.6 Å². The molecular formula is C14H15N3O3S. The summed E-state index contributed by atoms with van der Waals surface area (Å²) in [6.07, 6.45) is 3.08. The molecule has 1 aromatic heterocycles. The van der Waals surface area contributed by atoms with Crippen LogP contribution in [0.2, 0.25) is 0 Å². The lowest BCUT2D eigenvalue weighted by Crippen LogP contribution is -2.40. The molecule has 0 saturated carbocycles. The van der Waals surface area contributed by atoms with Crippen LogP contribution >= 0.6 is 12.2 Å². The minimum atomic E-state index is -0.578. The highest BCUT2D eigenvalue weighted by Gasteiger charge is 2.06. The zero-order valence-corrected chi connectivity index (χ0v) is 12.3. The molecule has 2 N–H and O–H groups in total. The predicted octanol–water partition coefficient (Wildman–Crippen LogP) is 0.260. The van der Waals surface area contributed by atoms with Crippen molar-refractivity contribution in [2.45, 2.75) is 6.54 Å². The Kier molecular flexibility index (Phi) is 4.54. The number of aromatic nitrogens is 2. The molecule has 2 rings (SSSR count). The van der Waals surface area contributed by atoms with Crippen molar-refractivity contribution in [3.8, 4) is 5.75 Å². The third-order valence-electron chi connectivity index (χ3n) is 2.98. The molecule has 7 heteroatoms. The number of nitrogens with two attached hydrogens (primary N) is 1. The van der Waals surface area contributed by atoms with Gasteiger partial charge in [0.25, 0.3) is 0 Å². The number of hydrogen-bond acceptors (Lipinski definition) is 4. The summed E-state index contributed by atoms with van der Waals surface area (Å²) in [5.41, 5.74) is 5.11. The van der Waals surface area contributed by atoms with E-state index in [9.17, 15) is 9.59 Å². The van der Waals surface area contributed by atoms with Crippen molar-refractivity contribution < 1.29 is 4.74 Å². The van der Waals surface area contributed by atoms with Gasteiger partial charge < -0.3 is 19.6 Å². The minimum Gasteiger partial charge on any atom is -0.491 e. The first-order valence-corrected chi connectivity index (χ1v) is 6.69. The number of para-hydroxylation sites is 1. The van der Waals surface area contributed by atoms with Crippen molar-refractivity contribution in [3.05, 3.63) is 62.9 Å². The summed E-state index contributed by atoms with van der Waals surface area (Å²) in [7, 11) is 1.53. The van der Waals surface area contributed by atoms with Gasteiger partial charge in [0.05, 0.1) is 12.1 Å². The van der Waals surface area contributed by atoms with Crippen molar-refractivity contribution in [2.24, 2.45) is 12.8 Å². The molecule has 0 saturated heterocycles. The van der Waals surface area contributed by atoms with Gasteiger partial charge in [-0.25, -0.2) is 0 Å². The van der Waals surface area contributed by atoms with Crippen LogP contribution in [0.1, 0.15) is 5.56 Å². The SMILES string of the molecule is Cn1ccn(CCOc2ccccc2C(N)=S)c(=O)c1=O. The number of nitrogens with zero attached hydrogens (tertiary/aromatic N) is 2. The van der Waals surface area contributed by atoms with Gasteiger partial charge in [-0.3, -0.25) is 9.59 Å². The normalized spacial score (nSPS) is 10.3. The molecule has 0 aliphatic heterocycles. The second-order valence-electron chi connectivity index (χ2n) is 4.42. The van der Waals surface area contributed by atoms with Crippen LogP contribution in [0.4, 0.5) is 0 Å². The van der Waals surface area contributed by atoms with E-state index in [2.05, 4.69) is 0 Å². The first-order chi connectivity index (χ1) is 10.0. The van der Waals surface area contributed by atoms with Gasteiger partial charge in [-0.05, 0) is 12.1 Å². The topological polar surface area (TPSA) is 79.2 Å². The standard InChI is InChI=1S/C14H15N3O3S/c1-16-6-7-17(14(19)13(16)18)8-9-20-11-5-3-2-4-10(11)12(15)21/h2-7H,8-9H2,1H3,(H2,15,21). The number of ether oxygens (including phenoxy) is 1. The minimum absolute atomic E-state index is 0.229. The van der Waals surface area contributed by atoms with Gasteiger partial charge >= 0.3 is 11.1 Å². The van der Waals surface area contributed by atoms with Gasteiger partial charge in [0.1, 0.15) is 17.3 Å². The molecule has 0 aliphatic carbocycles. The quantitative estimate of drug-likeness (QED) is 0.633. The second kappa shape index (κ2) is 6.36. The highest BCUT2D eigenvalue weighted by atomic mass is 32.1. The van der Waals surface area contributed by atoms with Crippen LogP contribution in [0.3, 0.4) is 0 Å². The van der Waals surface area contributed by atoms with E-state index in [-0.39, 0.29) is 18.1 Å². The van der Waals surface area contributed by atoms with E-state index in [0.717, 1.165) is 0 Å². The maximum absolute atomic E-state index is 11.7. The first kappa shape index (κ1) is 15.0. The fraction of sp³-hybridized carbons (Fsp3) is 0.214. The van der Waals surface area contributed by atoms with Gasteiger partial charge in [0.15, 0.2) is 0 Å². The van der Waals surface area contributed by atoms with Crippen molar-refractivity contribution >= 4 is 17.2 Å². The number of aryl methyl sites for hydroxylation is 1. The summed E-state index contributed by atoms with van der Waals surface area (Å²) in [4.78, 5) is 23.5. The lowest BCUT2D eigenvalue weighted by atomic mass is 10.2. The summed E-state index contributed by atoms with van der Waals surface area (Å²) in [5.74, 6) is 0.557. The first-order valence-electron chi connectivity index (χ1n) is 6.28. The number of hydrogen-bond donors (Lipinski definition) is 1. The van der Waals surface area contributed by atoms with E-state index >= 15 is 0 Å². The average Bonchev–Trinajstić information content (AvgIpc) is 2.47. The van der Waals surface area contributed by atoms with Crippen LogP contribution in [0.5, 0.6) is 5.75 Å². The summed E-state index contributed by atoms with van der Waals surface area (Å²) in [6.45, 7) is 0.493. The molecule has 0 radical (unpaired) electrons. The zero-order valence-electron chi connectivity index (χ0n) is 11.5. The number of thiocarbonyl (C=S) groups is 1. The van der Waals surface area contributed by atoms with E-state index in [1.807, 2.05) is 12.1 Å². The largest absolute Gasteiger partial charge is 0.491 e. The Balaban J connectivity index is 2.09. The fourth-order valence-corrected chi connectivity index (χ4v) is 1.98. The van der Waals surface area contributed by atoms with Gasteiger partial charge in [-0.1, -0.05) is 24.4 Å². The maximum Gasteiger partial charge on any atom is 0.316 e. The Bertz CT molecular complexity index is 780. The van der Waals surface area contributed by atoms with Gasteiger partial charge in [0, 0.05) is 19.4 Å². The average molecular weight is 305 g/mol. The second-order valence-corrected chi connectivity index (χ2v) is 4.86. The monoisotopic (exact) mass is 305 g/mol. The molecule has 1 heterocycles. The zero-order chi connectivity index (χ0) is 15.4. The molecular weight excluding hydrogens is 290 g/mol. The van der Waals surface area contributed by atoms with Crippen molar-refractivity contribution in [3.63, 3.8) is 0 Å². The Morgan fingerprint density at radius 3 is 2.67 bits per heavy atom. The lowest BCUT2D eigenvalue weighted by Gasteiger charge is -2.11. The molecule has 0 amide bonds. The van der Waals surface area contributed by atoms with Crippen LogP contribution in [0, 0.1) is 0 Å². The summed E-state index contributed by atoms with van der Waals surface area (Å²) in [5, 5.41) is 0. The van der Waals surface area contributed by atoms with Crippen molar-refractivity contribution in [1.29, 1.82) is 0 Å². The third kappa shape index (κ3) is 3.38. The molecule has 0 spiro atoms. The molecule has 0 aliphatic rings. The summed E-state index contributed by atoms with van der Waals surface area (Å²) in [6, 6.07) is 7.14. The number of benzene rings is 1. The van der Waals surface area contributed by atoms with Crippen LogP contribution in [0.15, 0.2) is 46.2 Å². The predicted molar refractivity (Wildman–Crippen MR) is 83.8 cm³/mol. The van der Waals surface area contributed by atoms with E-state index in [1.165, 1.54) is 22.4 Å².